The van der Waals surface area contributed by atoms with Crippen molar-refractivity contribution < 1.29 is 0 Å². The van der Waals surface area contributed by atoms with Gasteiger partial charge in [-0.2, -0.15) is 5.10 Å². The average molecular weight is 221 g/mol. The molecule has 2 aromatic rings. The molecule has 0 spiro atoms. The van der Waals surface area contributed by atoms with Gasteiger partial charge in [0.05, 0.1) is 5.69 Å². The van der Waals surface area contributed by atoms with Crippen LogP contribution < -0.4 is 5.32 Å². The van der Waals surface area contributed by atoms with Gasteiger partial charge in [-0.05, 0) is 31.2 Å². The number of hydrogen-bond donors (Lipinski definition) is 1. The lowest BCUT2D eigenvalue weighted by Gasteiger charge is -2.03. The Morgan fingerprint density at radius 3 is 2.67 bits per heavy atom. The summed E-state index contributed by atoms with van der Waals surface area (Å²) in [5.74, 6) is 1.30. The van der Waals surface area contributed by atoms with E-state index in [1.54, 1.807) is 18.3 Å². The van der Waals surface area contributed by atoms with Gasteiger partial charge in [0.15, 0.2) is 5.82 Å². The minimum Gasteiger partial charge on any atom is -0.323 e. The van der Waals surface area contributed by atoms with Crippen molar-refractivity contribution in [3.8, 4) is 0 Å². The Kier molecular flexibility index (Phi) is 2.78. The van der Waals surface area contributed by atoms with Gasteiger partial charge in [-0.3, -0.25) is 0 Å². The first-order chi connectivity index (χ1) is 7.24. The summed E-state index contributed by atoms with van der Waals surface area (Å²) < 4.78 is 0. The summed E-state index contributed by atoms with van der Waals surface area (Å²) in [5, 5.41) is 11.5. The third kappa shape index (κ3) is 2.63. The van der Waals surface area contributed by atoms with Crippen LogP contribution in [0.25, 0.3) is 0 Å². The molecule has 0 unspecified atom stereocenters. The van der Waals surface area contributed by atoms with Crippen molar-refractivity contribution >= 4 is 23.2 Å². The fourth-order valence-corrected chi connectivity index (χ4v) is 1.23. The second-order valence-electron chi connectivity index (χ2n) is 3.04. The Bertz CT molecular complexity index is 455. The Hall–Kier alpha value is -1.68. The number of nitrogens with zero attached hydrogens (tertiary/aromatic N) is 3. The highest BCUT2D eigenvalue weighted by Crippen LogP contribution is 2.15. The number of pyridine rings is 1. The van der Waals surface area contributed by atoms with E-state index in [4.69, 9.17) is 11.6 Å². The van der Waals surface area contributed by atoms with E-state index in [9.17, 15) is 0 Å². The van der Waals surface area contributed by atoms with Crippen molar-refractivity contribution in [3.63, 3.8) is 0 Å². The van der Waals surface area contributed by atoms with Crippen LogP contribution >= 0.6 is 11.6 Å². The van der Waals surface area contributed by atoms with Crippen molar-refractivity contribution in [1.82, 2.24) is 15.2 Å². The van der Waals surface area contributed by atoms with Gasteiger partial charge in [0.2, 0.25) is 0 Å². The predicted molar refractivity (Wildman–Crippen MR) is 59.3 cm³/mol. The number of nitrogens with one attached hydrogen (secondary N) is 1. The Labute approximate surface area is 92.3 Å². The summed E-state index contributed by atoms with van der Waals surface area (Å²) in [6.07, 6.45) is 1.63. The van der Waals surface area contributed by atoms with Gasteiger partial charge >= 0.3 is 0 Å². The molecular formula is C10H9ClN4. The second kappa shape index (κ2) is 4.23. The number of aromatic nitrogens is 3. The maximum atomic E-state index is 5.82. The molecule has 0 atom stereocenters. The van der Waals surface area contributed by atoms with Crippen LogP contribution in [-0.2, 0) is 0 Å². The summed E-state index contributed by atoms with van der Waals surface area (Å²) in [6.45, 7) is 1.88. The van der Waals surface area contributed by atoms with E-state index in [0.717, 1.165) is 5.69 Å². The SMILES string of the molecule is Cc1ccc(Nc2cc(Cl)ccn2)nn1. The van der Waals surface area contributed by atoms with Crippen LogP contribution in [0.15, 0.2) is 30.5 Å². The summed E-state index contributed by atoms with van der Waals surface area (Å²) in [6, 6.07) is 7.15. The van der Waals surface area contributed by atoms with Gasteiger partial charge in [-0.15, -0.1) is 5.10 Å². The highest BCUT2D eigenvalue weighted by Gasteiger charge is 1.98. The highest BCUT2D eigenvalue weighted by molar-refractivity contribution is 6.30. The van der Waals surface area contributed by atoms with Gasteiger partial charge < -0.3 is 5.32 Å². The van der Waals surface area contributed by atoms with Gasteiger partial charge in [0, 0.05) is 11.2 Å². The molecule has 0 amide bonds. The molecule has 4 nitrogen and oxygen atoms in total. The number of hydrogen-bond acceptors (Lipinski definition) is 4. The maximum absolute atomic E-state index is 5.82. The third-order valence-corrected chi connectivity index (χ3v) is 2.01. The fourth-order valence-electron chi connectivity index (χ4n) is 1.07. The molecule has 76 valence electrons. The molecule has 2 rings (SSSR count). The van der Waals surface area contributed by atoms with Crippen LogP contribution in [-0.4, -0.2) is 15.2 Å². The first-order valence-corrected chi connectivity index (χ1v) is 4.81. The lowest BCUT2D eigenvalue weighted by molar-refractivity contribution is 0.984. The molecule has 1 N–H and O–H groups in total. The summed E-state index contributed by atoms with van der Waals surface area (Å²) in [5.41, 5.74) is 0.875. The van der Waals surface area contributed by atoms with Crippen LogP contribution in [0.2, 0.25) is 5.02 Å². The van der Waals surface area contributed by atoms with E-state index in [-0.39, 0.29) is 0 Å². The number of aryl methyl sites for hydroxylation is 1. The number of rotatable bonds is 2. The van der Waals surface area contributed by atoms with Crippen LogP contribution in [0.1, 0.15) is 5.69 Å². The molecule has 0 saturated carbocycles. The topological polar surface area (TPSA) is 50.7 Å². The molecule has 5 heteroatoms. The molecule has 0 aliphatic carbocycles. The molecule has 0 bridgehead atoms. The van der Waals surface area contributed by atoms with Crippen LogP contribution in [0, 0.1) is 6.92 Å². The van der Waals surface area contributed by atoms with E-state index in [2.05, 4.69) is 20.5 Å². The molecule has 0 radical (unpaired) electrons. The molecule has 2 aromatic heterocycles. The van der Waals surface area contributed by atoms with Crippen molar-refractivity contribution in [1.29, 1.82) is 0 Å². The smallest absolute Gasteiger partial charge is 0.154 e. The zero-order valence-electron chi connectivity index (χ0n) is 8.11. The van der Waals surface area contributed by atoms with Crippen LogP contribution in [0.4, 0.5) is 11.6 Å². The molecule has 15 heavy (non-hydrogen) atoms. The Morgan fingerprint density at radius 1 is 1.13 bits per heavy atom. The second-order valence-corrected chi connectivity index (χ2v) is 3.48. The van der Waals surface area contributed by atoms with Gasteiger partial charge in [0.1, 0.15) is 5.82 Å². The molecule has 0 saturated heterocycles. The molecule has 0 aliphatic rings. The highest BCUT2D eigenvalue weighted by atomic mass is 35.5. The third-order valence-electron chi connectivity index (χ3n) is 1.78. The standard InChI is InChI=1S/C10H9ClN4/c1-7-2-3-9(15-14-7)13-10-6-8(11)4-5-12-10/h2-6H,1H3,(H,12,13,15). The van der Waals surface area contributed by atoms with E-state index in [0.29, 0.717) is 16.7 Å². The quantitative estimate of drug-likeness (QED) is 0.845. The first kappa shape index (κ1) is 9.86. The Balaban J connectivity index is 2.18. The minimum atomic E-state index is 0.632. The number of halogens is 1. The molecule has 0 aliphatic heterocycles. The molecule has 0 aromatic carbocycles. The lowest BCUT2D eigenvalue weighted by Crippen LogP contribution is -1.97. The molecule has 2 heterocycles. The van der Waals surface area contributed by atoms with Crippen molar-refractivity contribution in [2.24, 2.45) is 0 Å². The van der Waals surface area contributed by atoms with E-state index < -0.39 is 0 Å². The monoisotopic (exact) mass is 220 g/mol. The lowest BCUT2D eigenvalue weighted by atomic mass is 10.4. The fraction of sp³-hybridized carbons (Fsp3) is 0.100. The number of anilines is 2. The largest absolute Gasteiger partial charge is 0.323 e. The summed E-state index contributed by atoms with van der Waals surface area (Å²) in [4.78, 5) is 4.09. The zero-order valence-corrected chi connectivity index (χ0v) is 8.86. The van der Waals surface area contributed by atoms with E-state index in [1.165, 1.54) is 0 Å². The predicted octanol–water partition coefficient (Wildman–Crippen LogP) is 2.58. The van der Waals surface area contributed by atoms with Crippen molar-refractivity contribution in [2.45, 2.75) is 6.92 Å². The summed E-state index contributed by atoms with van der Waals surface area (Å²) >= 11 is 5.82. The van der Waals surface area contributed by atoms with Crippen LogP contribution in [0.3, 0.4) is 0 Å². The first-order valence-electron chi connectivity index (χ1n) is 4.43. The Morgan fingerprint density at radius 2 is 2.00 bits per heavy atom. The zero-order chi connectivity index (χ0) is 10.7. The van der Waals surface area contributed by atoms with E-state index >= 15 is 0 Å². The van der Waals surface area contributed by atoms with Gasteiger partial charge in [-0.25, -0.2) is 4.98 Å². The van der Waals surface area contributed by atoms with Crippen molar-refractivity contribution in [3.05, 3.63) is 41.2 Å². The normalized spacial score (nSPS) is 10.0. The van der Waals surface area contributed by atoms with Crippen LogP contribution in [0.5, 0.6) is 0 Å². The maximum Gasteiger partial charge on any atom is 0.154 e. The molecular weight excluding hydrogens is 212 g/mol. The minimum absolute atomic E-state index is 0.632. The van der Waals surface area contributed by atoms with Gasteiger partial charge in [-0.1, -0.05) is 11.6 Å². The molecule has 0 fully saturated rings. The van der Waals surface area contributed by atoms with Gasteiger partial charge in [0.25, 0.3) is 0 Å². The average Bonchev–Trinajstić information content (AvgIpc) is 2.22. The van der Waals surface area contributed by atoms with E-state index in [1.807, 2.05) is 19.1 Å². The van der Waals surface area contributed by atoms with Crippen molar-refractivity contribution in [2.75, 3.05) is 5.32 Å². The summed E-state index contributed by atoms with van der Waals surface area (Å²) in [7, 11) is 0.